The molecule has 0 fully saturated rings. The quantitative estimate of drug-likeness (QED) is 0.624. The van der Waals surface area contributed by atoms with Crippen LogP contribution in [0.25, 0.3) is 10.9 Å². The van der Waals surface area contributed by atoms with E-state index in [0.29, 0.717) is 19.0 Å². The number of nitrogens with one attached hydrogen (secondary N) is 1. The molecule has 4 nitrogen and oxygen atoms in total. The minimum absolute atomic E-state index is 0.172. The molecule has 1 N–H and O–H groups in total. The second kappa shape index (κ2) is 7.76. The van der Waals surface area contributed by atoms with Crippen LogP contribution in [0.5, 0.6) is 5.88 Å². The van der Waals surface area contributed by atoms with Crippen LogP contribution in [-0.4, -0.2) is 16.6 Å². The molecule has 3 rings (SSSR count). The van der Waals surface area contributed by atoms with Crippen LogP contribution in [-0.2, 0) is 6.54 Å². The number of rotatable bonds is 7. The molecule has 0 aliphatic heterocycles. The molecule has 0 unspecified atom stereocenters. The van der Waals surface area contributed by atoms with Crippen LogP contribution in [0.1, 0.15) is 34.8 Å². The second-order valence-electron chi connectivity index (χ2n) is 6.14. The Bertz CT molecular complexity index is 888. The summed E-state index contributed by atoms with van der Waals surface area (Å²) < 4.78 is 5.78. The SMILES string of the molecule is C=CCOc1nc2ccc(C)cc2cc1CN[C@H](C)c1csc(C)n1. The smallest absolute Gasteiger partial charge is 0.218 e. The van der Waals surface area contributed by atoms with Crippen LogP contribution in [0, 0.1) is 13.8 Å². The van der Waals surface area contributed by atoms with E-state index in [1.165, 1.54) is 5.56 Å². The first-order chi connectivity index (χ1) is 12.1. The van der Waals surface area contributed by atoms with Gasteiger partial charge in [0.25, 0.3) is 0 Å². The van der Waals surface area contributed by atoms with Gasteiger partial charge in [0.1, 0.15) is 6.61 Å². The van der Waals surface area contributed by atoms with Crippen molar-refractivity contribution >= 4 is 22.2 Å². The molecule has 0 aliphatic carbocycles. The summed E-state index contributed by atoms with van der Waals surface area (Å²) >= 11 is 1.67. The molecular formula is C20H23N3OS. The summed E-state index contributed by atoms with van der Waals surface area (Å²) in [5, 5.41) is 7.83. The van der Waals surface area contributed by atoms with Gasteiger partial charge >= 0.3 is 0 Å². The maximum atomic E-state index is 5.78. The second-order valence-corrected chi connectivity index (χ2v) is 7.20. The number of aryl methyl sites for hydroxylation is 2. The van der Waals surface area contributed by atoms with Crippen LogP contribution >= 0.6 is 11.3 Å². The minimum Gasteiger partial charge on any atom is -0.473 e. The maximum absolute atomic E-state index is 5.78. The molecule has 0 saturated carbocycles. The monoisotopic (exact) mass is 353 g/mol. The molecule has 130 valence electrons. The summed E-state index contributed by atoms with van der Waals surface area (Å²) in [5.74, 6) is 0.658. The maximum Gasteiger partial charge on any atom is 0.218 e. The molecule has 0 amide bonds. The van der Waals surface area contributed by atoms with Gasteiger partial charge in [-0.25, -0.2) is 9.97 Å². The number of thiazole rings is 1. The van der Waals surface area contributed by atoms with E-state index in [1.807, 2.05) is 13.0 Å². The topological polar surface area (TPSA) is 47.0 Å². The fourth-order valence-electron chi connectivity index (χ4n) is 2.66. The summed E-state index contributed by atoms with van der Waals surface area (Å²) in [7, 11) is 0. The van der Waals surface area contributed by atoms with Gasteiger partial charge in [0.15, 0.2) is 0 Å². The number of aromatic nitrogens is 2. The zero-order chi connectivity index (χ0) is 17.8. The molecule has 1 atom stereocenters. The van der Waals surface area contributed by atoms with Gasteiger partial charge in [0.2, 0.25) is 5.88 Å². The summed E-state index contributed by atoms with van der Waals surface area (Å²) in [6.07, 6.45) is 1.74. The molecule has 1 aromatic carbocycles. The van der Waals surface area contributed by atoms with Crippen molar-refractivity contribution in [1.82, 2.24) is 15.3 Å². The highest BCUT2D eigenvalue weighted by molar-refractivity contribution is 7.09. The van der Waals surface area contributed by atoms with E-state index in [1.54, 1.807) is 17.4 Å². The van der Waals surface area contributed by atoms with Crippen molar-refractivity contribution < 1.29 is 4.74 Å². The molecule has 0 saturated heterocycles. The number of fused-ring (bicyclic) bond motifs is 1. The Morgan fingerprint density at radius 3 is 2.84 bits per heavy atom. The van der Waals surface area contributed by atoms with Gasteiger partial charge in [-0.3, -0.25) is 0 Å². The lowest BCUT2D eigenvalue weighted by Gasteiger charge is -2.15. The standard InChI is InChI=1S/C20H23N3OS/c1-5-8-24-20-17(10-16-9-13(2)6-7-18(16)23-20)11-21-14(3)19-12-25-15(4)22-19/h5-7,9-10,12,14,21H,1,8,11H2,2-4H3/t14-/m1/s1. The van der Waals surface area contributed by atoms with Crippen LogP contribution in [0.2, 0.25) is 0 Å². The van der Waals surface area contributed by atoms with E-state index >= 15 is 0 Å². The van der Waals surface area contributed by atoms with E-state index in [2.05, 4.69) is 59.3 Å². The van der Waals surface area contributed by atoms with Gasteiger partial charge in [0, 0.05) is 28.9 Å². The molecule has 2 heterocycles. The average Bonchev–Trinajstić information content (AvgIpc) is 3.04. The molecule has 0 bridgehead atoms. The van der Waals surface area contributed by atoms with Crippen LogP contribution < -0.4 is 10.1 Å². The number of hydrogen-bond donors (Lipinski definition) is 1. The largest absolute Gasteiger partial charge is 0.473 e. The third-order valence-electron chi connectivity index (χ3n) is 4.03. The van der Waals surface area contributed by atoms with Crippen LogP contribution in [0.3, 0.4) is 0 Å². The molecule has 0 aliphatic rings. The van der Waals surface area contributed by atoms with Crippen molar-refractivity contribution in [2.24, 2.45) is 0 Å². The number of pyridine rings is 1. The number of benzene rings is 1. The van der Waals surface area contributed by atoms with Crippen molar-refractivity contribution in [2.75, 3.05) is 6.61 Å². The van der Waals surface area contributed by atoms with Gasteiger partial charge in [-0.2, -0.15) is 0 Å². The Hall–Kier alpha value is -2.24. The van der Waals surface area contributed by atoms with E-state index < -0.39 is 0 Å². The number of ether oxygens (including phenoxy) is 1. The predicted octanol–water partition coefficient (Wildman–Crippen LogP) is 4.72. The van der Waals surface area contributed by atoms with Gasteiger partial charge in [-0.05, 0) is 39.0 Å². The van der Waals surface area contributed by atoms with Crippen molar-refractivity contribution in [1.29, 1.82) is 0 Å². The molecule has 0 spiro atoms. The highest BCUT2D eigenvalue weighted by Gasteiger charge is 2.12. The zero-order valence-electron chi connectivity index (χ0n) is 14.9. The zero-order valence-corrected chi connectivity index (χ0v) is 15.7. The van der Waals surface area contributed by atoms with Gasteiger partial charge < -0.3 is 10.1 Å². The van der Waals surface area contributed by atoms with E-state index in [9.17, 15) is 0 Å². The number of nitrogens with zero attached hydrogens (tertiary/aromatic N) is 2. The van der Waals surface area contributed by atoms with E-state index in [-0.39, 0.29) is 6.04 Å². The first-order valence-corrected chi connectivity index (χ1v) is 9.24. The third kappa shape index (κ3) is 4.24. The van der Waals surface area contributed by atoms with E-state index in [0.717, 1.165) is 27.2 Å². The Labute approximate surface area is 152 Å². The summed E-state index contributed by atoms with van der Waals surface area (Å²) in [5.41, 5.74) is 4.27. The molecule has 2 aromatic heterocycles. The van der Waals surface area contributed by atoms with Crippen molar-refractivity contribution in [3.63, 3.8) is 0 Å². The first-order valence-electron chi connectivity index (χ1n) is 8.36. The Morgan fingerprint density at radius 1 is 1.28 bits per heavy atom. The number of hydrogen-bond acceptors (Lipinski definition) is 5. The lowest BCUT2D eigenvalue weighted by Crippen LogP contribution is -2.19. The normalized spacial score (nSPS) is 12.3. The van der Waals surface area contributed by atoms with E-state index in [4.69, 9.17) is 4.74 Å². The molecule has 0 radical (unpaired) electrons. The van der Waals surface area contributed by atoms with Crippen LogP contribution in [0.15, 0.2) is 42.3 Å². The lowest BCUT2D eigenvalue weighted by molar-refractivity contribution is 0.343. The van der Waals surface area contributed by atoms with Gasteiger partial charge in [-0.15, -0.1) is 11.3 Å². The fourth-order valence-corrected chi connectivity index (χ4v) is 3.36. The third-order valence-corrected chi connectivity index (χ3v) is 4.82. The fraction of sp³-hybridized carbons (Fsp3) is 0.300. The van der Waals surface area contributed by atoms with Gasteiger partial charge in [0.05, 0.1) is 16.2 Å². The van der Waals surface area contributed by atoms with Crippen molar-refractivity contribution in [3.05, 3.63) is 64.1 Å². The summed E-state index contributed by atoms with van der Waals surface area (Å²) in [6, 6.07) is 8.57. The minimum atomic E-state index is 0.172. The average molecular weight is 353 g/mol. The van der Waals surface area contributed by atoms with Gasteiger partial charge in [-0.1, -0.05) is 24.3 Å². The highest BCUT2D eigenvalue weighted by Crippen LogP contribution is 2.24. The lowest BCUT2D eigenvalue weighted by atomic mass is 10.1. The molecule has 25 heavy (non-hydrogen) atoms. The molecule has 3 aromatic rings. The van der Waals surface area contributed by atoms with Crippen molar-refractivity contribution in [3.8, 4) is 5.88 Å². The predicted molar refractivity (Wildman–Crippen MR) is 104 cm³/mol. The Morgan fingerprint density at radius 2 is 2.12 bits per heavy atom. The molecule has 5 heteroatoms. The Kier molecular flexibility index (Phi) is 5.46. The van der Waals surface area contributed by atoms with Crippen molar-refractivity contribution in [2.45, 2.75) is 33.4 Å². The molecular weight excluding hydrogens is 330 g/mol. The summed E-state index contributed by atoms with van der Waals surface area (Å²) in [4.78, 5) is 9.24. The highest BCUT2D eigenvalue weighted by atomic mass is 32.1. The Balaban J connectivity index is 1.85. The summed E-state index contributed by atoms with van der Waals surface area (Å²) in [6.45, 7) is 11.1. The first kappa shape index (κ1) is 17.6. The van der Waals surface area contributed by atoms with Crippen LogP contribution in [0.4, 0.5) is 0 Å².